The van der Waals surface area contributed by atoms with E-state index in [4.69, 9.17) is 0 Å². The third kappa shape index (κ3) is 7.93. The van der Waals surface area contributed by atoms with Crippen molar-refractivity contribution in [2.45, 2.75) is 0 Å². The van der Waals surface area contributed by atoms with Crippen molar-refractivity contribution in [3.63, 3.8) is 0 Å². The fourth-order valence-corrected chi connectivity index (χ4v) is 11.5. The zero-order chi connectivity index (χ0) is 47.1. The highest BCUT2D eigenvalue weighted by molar-refractivity contribution is 7.26. The van der Waals surface area contributed by atoms with Crippen LogP contribution < -0.4 is 26.0 Å². The molecule has 13 rings (SSSR count). The summed E-state index contributed by atoms with van der Waals surface area (Å²) >= 11 is 1.86. The first kappa shape index (κ1) is 42.2. The summed E-state index contributed by atoms with van der Waals surface area (Å²) < 4.78 is 2.49. The molecule has 1 N–H and O–H groups in total. The second-order valence-corrected chi connectivity index (χ2v) is 19.1. The summed E-state index contributed by atoms with van der Waals surface area (Å²) in [7, 11) is 2.44. The second kappa shape index (κ2) is 18.2. The van der Waals surface area contributed by atoms with E-state index in [1.165, 1.54) is 59.0 Å². The predicted molar refractivity (Wildman–Crippen MR) is 305 cm³/mol. The minimum absolute atomic E-state index is 1.01. The van der Waals surface area contributed by atoms with E-state index in [2.05, 4.69) is 289 Å². The molecule has 1 aromatic heterocycles. The van der Waals surface area contributed by atoms with Gasteiger partial charge in [0.05, 0.1) is 0 Å². The van der Waals surface area contributed by atoms with Crippen molar-refractivity contribution >= 4 is 95.2 Å². The van der Waals surface area contributed by atoms with Crippen LogP contribution in [0.4, 0.5) is 45.5 Å². The summed E-state index contributed by atoms with van der Waals surface area (Å²) in [6.07, 6.45) is 0. The Balaban J connectivity index is 1.08. The molecule has 0 bridgehead atoms. The van der Waals surface area contributed by atoms with Gasteiger partial charge in [-0.25, -0.2) is 0 Å². The predicted octanol–water partition coefficient (Wildman–Crippen LogP) is 17.4. The van der Waals surface area contributed by atoms with Crippen molar-refractivity contribution in [2.24, 2.45) is 0 Å². The molecule has 1 aliphatic rings. The van der Waals surface area contributed by atoms with E-state index in [0.29, 0.717) is 0 Å². The Labute approximate surface area is 419 Å². The van der Waals surface area contributed by atoms with E-state index in [0.717, 1.165) is 62.1 Å². The molecule has 333 valence electrons. The highest BCUT2D eigenvalue weighted by Crippen LogP contribution is 2.49. The lowest BCUT2D eigenvalue weighted by Gasteiger charge is -2.36. The van der Waals surface area contributed by atoms with E-state index < -0.39 is 0 Å². The van der Waals surface area contributed by atoms with Crippen LogP contribution in [0.1, 0.15) is 0 Å². The zero-order valence-electron chi connectivity index (χ0n) is 38.8. The molecule has 0 unspecified atom stereocenters. The molecule has 3 nitrogen and oxygen atoms in total. The van der Waals surface area contributed by atoms with Gasteiger partial charge in [-0.2, -0.15) is 0 Å². The van der Waals surface area contributed by atoms with Crippen molar-refractivity contribution in [3.8, 4) is 44.5 Å². The van der Waals surface area contributed by atoms with Crippen molar-refractivity contribution in [3.05, 3.63) is 267 Å². The van der Waals surface area contributed by atoms with Gasteiger partial charge in [0.15, 0.2) is 7.28 Å². The maximum absolute atomic E-state index is 4.05. The van der Waals surface area contributed by atoms with Gasteiger partial charge in [-0.3, -0.25) is 0 Å². The third-order valence-electron chi connectivity index (χ3n) is 13.6. The molecule has 0 spiro atoms. The third-order valence-corrected chi connectivity index (χ3v) is 14.7. The molecule has 1 radical (unpaired) electrons. The first-order valence-electron chi connectivity index (χ1n) is 24.2. The van der Waals surface area contributed by atoms with Gasteiger partial charge in [0.25, 0.3) is 0 Å². The molecule has 11 aromatic carbocycles. The lowest BCUT2D eigenvalue weighted by molar-refractivity contribution is 1.28. The quantitative estimate of drug-likeness (QED) is 0.138. The van der Waals surface area contributed by atoms with E-state index in [-0.39, 0.29) is 0 Å². The van der Waals surface area contributed by atoms with Crippen molar-refractivity contribution in [2.75, 3.05) is 15.1 Å². The van der Waals surface area contributed by atoms with E-state index in [1.807, 2.05) is 11.3 Å². The minimum atomic E-state index is 1.01. The van der Waals surface area contributed by atoms with Crippen LogP contribution in [-0.4, -0.2) is 7.28 Å². The Bertz CT molecular complexity index is 3840. The van der Waals surface area contributed by atoms with Gasteiger partial charge in [0, 0.05) is 71.2 Å². The Morgan fingerprint density at radius 2 is 0.958 bits per heavy atom. The first-order chi connectivity index (χ1) is 35.2. The number of hydrogen-bond donors (Lipinski definition) is 1. The highest BCUT2D eigenvalue weighted by Gasteiger charge is 2.32. The van der Waals surface area contributed by atoms with Crippen molar-refractivity contribution in [1.29, 1.82) is 0 Å². The zero-order valence-corrected chi connectivity index (χ0v) is 39.6. The van der Waals surface area contributed by atoms with Crippen LogP contribution in [0.25, 0.3) is 64.7 Å². The van der Waals surface area contributed by atoms with Crippen molar-refractivity contribution in [1.82, 2.24) is 0 Å². The largest absolute Gasteiger partial charge is 0.355 e. The van der Waals surface area contributed by atoms with E-state index in [9.17, 15) is 0 Å². The SMILES string of the molecule is [B]1c2ccc(-c3ccccc3)cc2N(c2cccc(-c3ccccc3)c2)c2cc3sc4ccccc4c3c(-c3ccc(N(c4ccccc4)c4ccccc4)cc3Nc3cccc(-c4ccccc4)c3)c21. The average molecular weight is 923 g/mol. The summed E-state index contributed by atoms with van der Waals surface area (Å²) in [6, 6.07) is 96.5. The van der Waals surface area contributed by atoms with Gasteiger partial charge in [0.2, 0.25) is 0 Å². The lowest BCUT2D eigenvalue weighted by atomic mass is 9.57. The van der Waals surface area contributed by atoms with Gasteiger partial charge in [-0.15, -0.1) is 11.3 Å². The fraction of sp³-hybridized carbons (Fsp3) is 0. The van der Waals surface area contributed by atoms with Crippen LogP contribution in [0, 0.1) is 0 Å². The Morgan fingerprint density at radius 1 is 0.394 bits per heavy atom. The minimum Gasteiger partial charge on any atom is -0.355 e. The fourth-order valence-electron chi connectivity index (χ4n) is 10.3. The Kier molecular flexibility index (Phi) is 10.8. The van der Waals surface area contributed by atoms with E-state index in [1.54, 1.807) is 0 Å². The highest BCUT2D eigenvalue weighted by atomic mass is 32.1. The van der Waals surface area contributed by atoms with Gasteiger partial charge in [-0.05, 0) is 123 Å². The number of rotatable bonds is 10. The molecule has 2 heterocycles. The maximum Gasteiger partial charge on any atom is 0.197 e. The normalized spacial score (nSPS) is 11.7. The summed E-state index contributed by atoms with van der Waals surface area (Å²) in [6.45, 7) is 0. The van der Waals surface area contributed by atoms with Crippen LogP contribution in [0.2, 0.25) is 0 Å². The molecule has 0 amide bonds. The molecule has 1 aliphatic heterocycles. The first-order valence-corrected chi connectivity index (χ1v) is 25.0. The molecule has 0 fully saturated rings. The summed E-state index contributed by atoms with van der Waals surface area (Å²) in [5.41, 5.74) is 20.3. The lowest BCUT2D eigenvalue weighted by Crippen LogP contribution is -2.41. The molecule has 5 heteroatoms. The summed E-state index contributed by atoms with van der Waals surface area (Å²) in [5, 5.41) is 6.55. The topological polar surface area (TPSA) is 18.5 Å². The number of thiophene rings is 1. The maximum atomic E-state index is 4.05. The summed E-state index contributed by atoms with van der Waals surface area (Å²) in [4.78, 5) is 4.85. The molecule has 0 atom stereocenters. The molecule has 12 aromatic rings. The van der Waals surface area contributed by atoms with Gasteiger partial charge >= 0.3 is 0 Å². The molecule has 0 saturated heterocycles. The molecule has 0 saturated carbocycles. The standard InChI is InChI=1S/C66H45BN3S/c1-6-20-45(21-7-1)48-26-18-28-51(40-48)68-59-43-55(69(52-29-12-4-13-30-52)53-31-14-5-15-32-53)37-38-56(59)65-64-57-34-16-17-35-62(57)71-63(64)44-61-66(65)67-58-39-36-50(47-24-10-3-11-25-47)42-60(58)70(61)54-33-19-27-49(41-54)46-22-8-2-9-23-46/h1-44,68H. The average Bonchev–Trinajstić information content (AvgIpc) is 3.82. The smallest absolute Gasteiger partial charge is 0.197 e. The molecular weight excluding hydrogens is 878 g/mol. The Morgan fingerprint density at radius 3 is 1.62 bits per heavy atom. The molecule has 71 heavy (non-hydrogen) atoms. The van der Waals surface area contributed by atoms with Crippen LogP contribution >= 0.6 is 11.3 Å². The second-order valence-electron chi connectivity index (χ2n) is 18.0. The number of fused-ring (bicyclic) bond motifs is 5. The van der Waals surface area contributed by atoms with Gasteiger partial charge in [-0.1, -0.05) is 194 Å². The molecular formula is C66H45BN3S. The number of nitrogens with one attached hydrogen (secondary N) is 1. The summed E-state index contributed by atoms with van der Waals surface area (Å²) in [5.74, 6) is 0. The monoisotopic (exact) mass is 922 g/mol. The number of benzene rings is 11. The van der Waals surface area contributed by atoms with Gasteiger partial charge in [0.1, 0.15) is 0 Å². The number of nitrogens with zero attached hydrogens (tertiary/aromatic N) is 2. The number of para-hydroxylation sites is 2. The number of hydrogen-bond acceptors (Lipinski definition) is 4. The molecule has 0 aliphatic carbocycles. The number of anilines is 8. The van der Waals surface area contributed by atoms with Gasteiger partial charge < -0.3 is 15.1 Å². The van der Waals surface area contributed by atoms with Crippen LogP contribution in [0.5, 0.6) is 0 Å². The van der Waals surface area contributed by atoms with Crippen molar-refractivity contribution < 1.29 is 0 Å². The van der Waals surface area contributed by atoms with Crippen LogP contribution in [0.15, 0.2) is 267 Å². The van der Waals surface area contributed by atoms with Crippen LogP contribution in [-0.2, 0) is 0 Å². The van der Waals surface area contributed by atoms with Crippen LogP contribution in [0.3, 0.4) is 0 Å². The Hall–Kier alpha value is -8.90. The van der Waals surface area contributed by atoms with E-state index >= 15 is 0 Å².